The maximum atomic E-state index is 13.6. The summed E-state index contributed by atoms with van der Waals surface area (Å²) in [6, 6.07) is 1.19. The molecule has 0 saturated heterocycles. The van der Waals surface area contributed by atoms with Crippen molar-refractivity contribution in [2.75, 3.05) is 6.54 Å². The lowest BCUT2D eigenvalue weighted by molar-refractivity contribution is 0.0302. The van der Waals surface area contributed by atoms with Crippen LogP contribution in [0.5, 0.6) is 0 Å². The van der Waals surface area contributed by atoms with Crippen molar-refractivity contribution >= 4 is 0 Å². The molecule has 3 N–H and O–H groups in total. The number of hydrogen-bond donors (Lipinski definition) is 2. The first kappa shape index (κ1) is 13.4. The molecular formula is C13H16F3NO. The Kier molecular flexibility index (Phi) is 3.64. The van der Waals surface area contributed by atoms with Crippen LogP contribution in [0.15, 0.2) is 12.1 Å². The summed E-state index contributed by atoms with van der Waals surface area (Å²) in [5.74, 6) is -3.34. The standard InChI is InChI=1S/C13H16F3NO/c14-9-6-11(16)10(15)5-8(9)12(18)13(7-17)3-1-2-4-13/h5-6,12,18H,1-4,7,17H2. The van der Waals surface area contributed by atoms with E-state index >= 15 is 0 Å². The van der Waals surface area contributed by atoms with E-state index in [9.17, 15) is 18.3 Å². The third-order valence-electron chi connectivity index (χ3n) is 3.92. The van der Waals surface area contributed by atoms with Crippen molar-refractivity contribution in [3.05, 3.63) is 35.1 Å². The second-order valence-electron chi connectivity index (χ2n) is 4.96. The first-order valence-corrected chi connectivity index (χ1v) is 6.03. The first-order chi connectivity index (χ1) is 8.50. The minimum absolute atomic E-state index is 0.201. The Morgan fingerprint density at radius 1 is 1.11 bits per heavy atom. The van der Waals surface area contributed by atoms with Crippen LogP contribution in [0.25, 0.3) is 0 Å². The fourth-order valence-corrected chi connectivity index (χ4v) is 2.75. The monoisotopic (exact) mass is 259 g/mol. The van der Waals surface area contributed by atoms with Gasteiger partial charge >= 0.3 is 0 Å². The molecule has 18 heavy (non-hydrogen) atoms. The molecule has 5 heteroatoms. The molecule has 2 nitrogen and oxygen atoms in total. The van der Waals surface area contributed by atoms with E-state index in [1.54, 1.807) is 0 Å². The number of aliphatic hydroxyl groups is 1. The molecule has 1 atom stereocenters. The number of aliphatic hydroxyl groups excluding tert-OH is 1. The van der Waals surface area contributed by atoms with Crippen molar-refractivity contribution in [2.24, 2.45) is 11.1 Å². The van der Waals surface area contributed by atoms with E-state index in [1.807, 2.05) is 0 Å². The number of rotatable bonds is 3. The van der Waals surface area contributed by atoms with Crippen molar-refractivity contribution < 1.29 is 18.3 Å². The van der Waals surface area contributed by atoms with Crippen LogP contribution in [-0.4, -0.2) is 11.7 Å². The lowest BCUT2D eigenvalue weighted by Crippen LogP contribution is -2.34. The molecule has 0 aliphatic heterocycles. The highest BCUT2D eigenvalue weighted by Crippen LogP contribution is 2.47. The van der Waals surface area contributed by atoms with Gasteiger partial charge in [-0.1, -0.05) is 12.8 Å². The van der Waals surface area contributed by atoms with Crippen LogP contribution >= 0.6 is 0 Å². The zero-order valence-electron chi connectivity index (χ0n) is 9.93. The first-order valence-electron chi connectivity index (χ1n) is 6.03. The summed E-state index contributed by atoms with van der Waals surface area (Å²) in [4.78, 5) is 0. The van der Waals surface area contributed by atoms with Gasteiger partial charge in [0, 0.05) is 23.6 Å². The van der Waals surface area contributed by atoms with E-state index in [-0.39, 0.29) is 12.1 Å². The van der Waals surface area contributed by atoms with E-state index in [2.05, 4.69) is 0 Å². The molecule has 1 fully saturated rings. The fourth-order valence-electron chi connectivity index (χ4n) is 2.75. The SMILES string of the molecule is NCC1(C(O)c2cc(F)c(F)cc2F)CCCC1. The van der Waals surface area contributed by atoms with Crippen molar-refractivity contribution in [2.45, 2.75) is 31.8 Å². The molecule has 0 heterocycles. The van der Waals surface area contributed by atoms with Gasteiger partial charge in [0.05, 0.1) is 6.10 Å². The smallest absolute Gasteiger partial charge is 0.161 e. The predicted molar refractivity (Wildman–Crippen MR) is 61.2 cm³/mol. The molecule has 0 bridgehead atoms. The van der Waals surface area contributed by atoms with Gasteiger partial charge < -0.3 is 10.8 Å². The van der Waals surface area contributed by atoms with Gasteiger partial charge in [-0.25, -0.2) is 13.2 Å². The number of halogens is 3. The molecule has 1 saturated carbocycles. The molecule has 2 rings (SSSR count). The van der Waals surface area contributed by atoms with Crippen molar-refractivity contribution in [3.8, 4) is 0 Å². The van der Waals surface area contributed by atoms with Crippen LogP contribution in [0.4, 0.5) is 13.2 Å². The third-order valence-corrected chi connectivity index (χ3v) is 3.92. The van der Waals surface area contributed by atoms with Crippen molar-refractivity contribution in [1.29, 1.82) is 0 Å². The third kappa shape index (κ3) is 2.12. The predicted octanol–water partition coefficient (Wildman–Crippen LogP) is 2.66. The molecule has 1 aliphatic rings. The van der Waals surface area contributed by atoms with Gasteiger partial charge in [0.15, 0.2) is 11.6 Å². The Morgan fingerprint density at radius 3 is 2.22 bits per heavy atom. The molecule has 0 aromatic heterocycles. The van der Waals surface area contributed by atoms with Crippen LogP contribution < -0.4 is 5.73 Å². The topological polar surface area (TPSA) is 46.2 Å². The van der Waals surface area contributed by atoms with Gasteiger partial charge in [-0.2, -0.15) is 0 Å². The highest BCUT2D eigenvalue weighted by Gasteiger charge is 2.41. The summed E-state index contributed by atoms with van der Waals surface area (Å²) < 4.78 is 39.6. The van der Waals surface area contributed by atoms with Gasteiger partial charge in [-0.05, 0) is 18.9 Å². The molecule has 1 unspecified atom stereocenters. The summed E-state index contributed by atoms with van der Waals surface area (Å²) in [6.45, 7) is 0.201. The normalized spacial score (nSPS) is 20.1. The van der Waals surface area contributed by atoms with Crippen LogP contribution in [0, 0.1) is 22.9 Å². The van der Waals surface area contributed by atoms with E-state index in [0.717, 1.165) is 18.9 Å². The average molecular weight is 259 g/mol. The zero-order valence-corrected chi connectivity index (χ0v) is 9.93. The summed E-state index contributed by atoms with van der Waals surface area (Å²) in [5.41, 5.74) is 4.85. The quantitative estimate of drug-likeness (QED) is 0.820. The van der Waals surface area contributed by atoms with E-state index in [4.69, 9.17) is 5.73 Å². The molecule has 0 spiro atoms. The maximum Gasteiger partial charge on any atom is 0.161 e. The minimum atomic E-state index is -1.25. The molecular weight excluding hydrogens is 243 g/mol. The molecule has 0 amide bonds. The largest absolute Gasteiger partial charge is 0.388 e. The Labute approximate surface area is 104 Å². The van der Waals surface area contributed by atoms with Gasteiger partial charge in [0.2, 0.25) is 0 Å². The Bertz CT molecular complexity index is 444. The maximum absolute atomic E-state index is 13.6. The van der Waals surface area contributed by atoms with Gasteiger partial charge in [0.25, 0.3) is 0 Å². The highest BCUT2D eigenvalue weighted by molar-refractivity contribution is 5.24. The Balaban J connectivity index is 2.39. The number of benzene rings is 1. The molecule has 100 valence electrons. The zero-order chi connectivity index (χ0) is 13.3. The summed E-state index contributed by atoms with van der Waals surface area (Å²) >= 11 is 0. The molecule has 1 aromatic carbocycles. The number of hydrogen-bond acceptors (Lipinski definition) is 2. The van der Waals surface area contributed by atoms with Gasteiger partial charge in [-0.3, -0.25) is 0 Å². The van der Waals surface area contributed by atoms with Crippen LogP contribution in [0.3, 0.4) is 0 Å². The van der Waals surface area contributed by atoms with Crippen LogP contribution in [-0.2, 0) is 0 Å². The van der Waals surface area contributed by atoms with Gasteiger partial charge in [0.1, 0.15) is 5.82 Å². The van der Waals surface area contributed by atoms with E-state index in [1.165, 1.54) is 0 Å². The second kappa shape index (κ2) is 4.90. The fraction of sp³-hybridized carbons (Fsp3) is 0.538. The summed E-state index contributed by atoms with van der Waals surface area (Å²) in [6.07, 6.45) is 1.95. The van der Waals surface area contributed by atoms with Crippen LogP contribution in [0.1, 0.15) is 37.4 Å². The van der Waals surface area contributed by atoms with Gasteiger partial charge in [-0.15, -0.1) is 0 Å². The summed E-state index contributed by atoms with van der Waals surface area (Å²) in [5, 5.41) is 10.3. The average Bonchev–Trinajstić information content (AvgIpc) is 2.83. The van der Waals surface area contributed by atoms with Crippen molar-refractivity contribution in [1.82, 2.24) is 0 Å². The van der Waals surface area contributed by atoms with Crippen LogP contribution in [0.2, 0.25) is 0 Å². The lowest BCUT2D eigenvalue weighted by atomic mass is 9.77. The van der Waals surface area contributed by atoms with E-state index in [0.29, 0.717) is 18.9 Å². The molecule has 0 radical (unpaired) electrons. The molecule has 1 aromatic rings. The minimum Gasteiger partial charge on any atom is -0.388 e. The number of nitrogens with two attached hydrogens (primary N) is 1. The Hall–Kier alpha value is -1.07. The van der Waals surface area contributed by atoms with Crippen molar-refractivity contribution in [3.63, 3.8) is 0 Å². The Morgan fingerprint density at radius 2 is 1.67 bits per heavy atom. The highest BCUT2D eigenvalue weighted by atomic mass is 19.2. The lowest BCUT2D eigenvalue weighted by Gasteiger charge is -2.33. The van der Waals surface area contributed by atoms with E-state index < -0.39 is 29.0 Å². The molecule has 1 aliphatic carbocycles. The second-order valence-corrected chi connectivity index (χ2v) is 4.96. The summed E-state index contributed by atoms with van der Waals surface area (Å²) in [7, 11) is 0.